The average molecular weight is 256 g/mol. The Morgan fingerprint density at radius 2 is 2.11 bits per heavy atom. The molecule has 0 unspecified atom stereocenters. The van der Waals surface area contributed by atoms with E-state index in [1.54, 1.807) is 0 Å². The van der Waals surface area contributed by atoms with Crippen LogP contribution in [0.25, 0.3) is 22.2 Å². The van der Waals surface area contributed by atoms with Gasteiger partial charge in [0.1, 0.15) is 11.3 Å². The summed E-state index contributed by atoms with van der Waals surface area (Å²) in [6, 6.07) is 4.02. The molecule has 2 heterocycles. The van der Waals surface area contributed by atoms with Crippen LogP contribution in [0.3, 0.4) is 0 Å². The largest absolute Gasteiger partial charge is 0.397 e. The number of hydrogen-bond donors (Lipinski definition) is 1. The monoisotopic (exact) mass is 256 g/mol. The van der Waals surface area contributed by atoms with Crippen molar-refractivity contribution < 1.29 is 4.52 Å². The number of imidazole rings is 1. The molecule has 2 N–H and O–H groups in total. The minimum absolute atomic E-state index is 0.680. The number of fused-ring (bicyclic) bond motifs is 1. The normalized spacial score (nSPS) is 11.3. The molecule has 0 saturated heterocycles. The first kappa shape index (κ1) is 11.8. The number of nitrogen functional groups attached to an aromatic ring is 1. The summed E-state index contributed by atoms with van der Waals surface area (Å²) in [5, 5.41) is 3.99. The molecule has 3 rings (SSSR count). The lowest BCUT2D eigenvalue weighted by Gasteiger charge is -2.05. The number of rotatable bonds is 2. The summed E-state index contributed by atoms with van der Waals surface area (Å²) < 4.78 is 7.30. The Labute approximate surface area is 111 Å². The highest BCUT2D eigenvalue weighted by Crippen LogP contribution is 2.32. The van der Waals surface area contributed by atoms with E-state index in [0.717, 1.165) is 40.2 Å². The number of benzene rings is 1. The summed E-state index contributed by atoms with van der Waals surface area (Å²) in [6.45, 7) is 6.79. The van der Waals surface area contributed by atoms with Gasteiger partial charge in [0.05, 0.1) is 23.2 Å². The number of aryl methyl sites for hydroxylation is 3. The zero-order valence-corrected chi connectivity index (χ0v) is 11.3. The Balaban J connectivity index is 2.31. The van der Waals surface area contributed by atoms with E-state index in [1.807, 2.05) is 26.2 Å². The molecule has 0 atom stereocenters. The van der Waals surface area contributed by atoms with Crippen molar-refractivity contribution in [1.82, 2.24) is 14.7 Å². The van der Waals surface area contributed by atoms with Crippen LogP contribution in [0.2, 0.25) is 0 Å². The molecule has 2 aromatic heterocycles. The van der Waals surface area contributed by atoms with Crippen LogP contribution in [0.15, 0.2) is 23.0 Å². The van der Waals surface area contributed by atoms with Crippen molar-refractivity contribution >= 4 is 16.7 Å². The van der Waals surface area contributed by atoms with E-state index < -0.39 is 0 Å². The predicted octanol–water partition coefficient (Wildman–Crippen LogP) is 2.91. The summed E-state index contributed by atoms with van der Waals surface area (Å²) in [7, 11) is 0. The van der Waals surface area contributed by atoms with Crippen molar-refractivity contribution in [2.45, 2.75) is 27.3 Å². The van der Waals surface area contributed by atoms with E-state index >= 15 is 0 Å². The van der Waals surface area contributed by atoms with Crippen LogP contribution < -0.4 is 5.73 Å². The van der Waals surface area contributed by atoms with Crippen molar-refractivity contribution in [3.63, 3.8) is 0 Å². The quantitative estimate of drug-likeness (QED) is 0.716. The lowest BCUT2D eigenvalue weighted by Crippen LogP contribution is -1.94. The predicted molar refractivity (Wildman–Crippen MR) is 74.8 cm³/mol. The van der Waals surface area contributed by atoms with Gasteiger partial charge in [0.25, 0.3) is 0 Å². The summed E-state index contributed by atoms with van der Waals surface area (Å²) in [5.74, 6) is 0.804. The van der Waals surface area contributed by atoms with Gasteiger partial charge >= 0.3 is 0 Å². The first-order valence-corrected chi connectivity index (χ1v) is 6.29. The number of nitrogens with two attached hydrogens (primary N) is 1. The fraction of sp³-hybridized carbons (Fsp3) is 0.286. The van der Waals surface area contributed by atoms with E-state index in [1.165, 1.54) is 0 Å². The summed E-state index contributed by atoms with van der Waals surface area (Å²) in [4.78, 5) is 4.36. The van der Waals surface area contributed by atoms with Gasteiger partial charge in [0.15, 0.2) is 0 Å². The Morgan fingerprint density at radius 3 is 2.74 bits per heavy atom. The molecule has 0 amide bonds. The van der Waals surface area contributed by atoms with E-state index in [2.05, 4.69) is 27.7 Å². The molecule has 3 aromatic rings. The van der Waals surface area contributed by atoms with E-state index in [-0.39, 0.29) is 0 Å². The lowest BCUT2D eigenvalue weighted by molar-refractivity contribution is 0.393. The van der Waals surface area contributed by atoms with E-state index in [9.17, 15) is 0 Å². The van der Waals surface area contributed by atoms with Gasteiger partial charge in [-0.2, -0.15) is 0 Å². The number of anilines is 1. The summed E-state index contributed by atoms with van der Waals surface area (Å²) in [5.41, 5.74) is 11.6. The summed E-state index contributed by atoms with van der Waals surface area (Å²) in [6.07, 6.45) is 1.82. The zero-order valence-electron chi connectivity index (χ0n) is 11.3. The van der Waals surface area contributed by atoms with Crippen LogP contribution in [0.5, 0.6) is 0 Å². The topological polar surface area (TPSA) is 69.9 Å². The molecule has 0 spiro atoms. The number of aromatic nitrogens is 3. The van der Waals surface area contributed by atoms with Crippen molar-refractivity contribution in [3.8, 4) is 11.1 Å². The maximum atomic E-state index is 6.10. The van der Waals surface area contributed by atoms with Crippen molar-refractivity contribution in [2.75, 3.05) is 5.73 Å². The van der Waals surface area contributed by atoms with E-state index in [4.69, 9.17) is 10.3 Å². The highest BCUT2D eigenvalue weighted by Gasteiger charge is 2.15. The second-order valence-electron chi connectivity index (χ2n) is 4.66. The molecule has 98 valence electrons. The van der Waals surface area contributed by atoms with Crippen LogP contribution in [-0.4, -0.2) is 14.7 Å². The summed E-state index contributed by atoms with van der Waals surface area (Å²) >= 11 is 0. The molecule has 5 nitrogen and oxygen atoms in total. The minimum atomic E-state index is 0.680. The molecule has 0 aliphatic carbocycles. The van der Waals surface area contributed by atoms with Crippen LogP contribution in [0.4, 0.5) is 5.69 Å². The second kappa shape index (κ2) is 4.12. The molecule has 0 bridgehead atoms. The van der Waals surface area contributed by atoms with Gasteiger partial charge in [-0.25, -0.2) is 4.98 Å². The maximum absolute atomic E-state index is 6.10. The van der Waals surface area contributed by atoms with Gasteiger partial charge < -0.3 is 14.8 Å². The van der Waals surface area contributed by atoms with Gasteiger partial charge in [0.2, 0.25) is 0 Å². The molecular weight excluding hydrogens is 240 g/mol. The fourth-order valence-corrected chi connectivity index (χ4v) is 2.48. The molecule has 0 saturated carbocycles. The van der Waals surface area contributed by atoms with Crippen LogP contribution in [-0.2, 0) is 6.54 Å². The zero-order chi connectivity index (χ0) is 13.6. The Kier molecular flexibility index (Phi) is 2.55. The third-order valence-electron chi connectivity index (χ3n) is 3.42. The Bertz CT molecular complexity index is 735. The molecule has 0 radical (unpaired) electrons. The third kappa shape index (κ3) is 1.69. The van der Waals surface area contributed by atoms with Gasteiger partial charge in [0, 0.05) is 12.1 Å². The van der Waals surface area contributed by atoms with Crippen LogP contribution in [0, 0.1) is 13.8 Å². The molecule has 0 aliphatic rings. The number of hydrogen-bond acceptors (Lipinski definition) is 4. The SMILES string of the molecule is CCn1cnc2c(N)cc(-c3c(C)noc3C)cc21. The molecular formula is C14H16N4O. The second-order valence-corrected chi connectivity index (χ2v) is 4.66. The smallest absolute Gasteiger partial charge is 0.141 e. The van der Waals surface area contributed by atoms with Crippen LogP contribution in [0.1, 0.15) is 18.4 Å². The standard InChI is InChI=1S/C14H16N4O/c1-4-18-7-16-14-11(15)5-10(6-12(14)18)13-8(2)17-19-9(13)3/h5-7H,4,15H2,1-3H3. The highest BCUT2D eigenvalue weighted by atomic mass is 16.5. The Hall–Kier alpha value is -2.30. The van der Waals surface area contributed by atoms with Gasteiger partial charge in [-0.1, -0.05) is 5.16 Å². The first-order chi connectivity index (χ1) is 9.11. The van der Waals surface area contributed by atoms with Gasteiger partial charge in [-0.05, 0) is 38.5 Å². The Morgan fingerprint density at radius 1 is 1.32 bits per heavy atom. The van der Waals surface area contributed by atoms with Gasteiger partial charge in [-0.15, -0.1) is 0 Å². The molecule has 0 fully saturated rings. The van der Waals surface area contributed by atoms with Crippen molar-refractivity contribution in [2.24, 2.45) is 0 Å². The molecule has 19 heavy (non-hydrogen) atoms. The maximum Gasteiger partial charge on any atom is 0.141 e. The van der Waals surface area contributed by atoms with Gasteiger partial charge in [-0.3, -0.25) is 0 Å². The fourth-order valence-electron chi connectivity index (χ4n) is 2.48. The minimum Gasteiger partial charge on any atom is -0.397 e. The van der Waals surface area contributed by atoms with Crippen LogP contribution >= 0.6 is 0 Å². The van der Waals surface area contributed by atoms with E-state index in [0.29, 0.717) is 5.69 Å². The lowest BCUT2D eigenvalue weighted by atomic mass is 10.0. The first-order valence-electron chi connectivity index (χ1n) is 6.29. The molecule has 0 aliphatic heterocycles. The highest BCUT2D eigenvalue weighted by molar-refractivity contribution is 5.92. The van der Waals surface area contributed by atoms with Crippen molar-refractivity contribution in [3.05, 3.63) is 29.9 Å². The van der Waals surface area contributed by atoms with Crippen molar-refractivity contribution in [1.29, 1.82) is 0 Å². The third-order valence-corrected chi connectivity index (χ3v) is 3.42. The molecule has 1 aromatic carbocycles. The number of nitrogens with zero attached hydrogens (tertiary/aromatic N) is 3. The average Bonchev–Trinajstić information content (AvgIpc) is 2.93. The molecule has 5 heteroatoms.